The summed E-state index contributed by atoms with van der Waals surface area (Å²) in [7, 11) is 0. The van der Waals surface area contributed by atoms with Crippen LogP contribution in [0.15, 0.2) is 24.8 Å². The number of hydrogen-bond donors (Lipinski definition) is 1. The minimum absolute atomic E-state index is 0.132. The van der Waals surface area contributed by atoms with Crippen LogP contribution in [0.2, 0.25) is 0 Å². The van der Waals surface area contributed by atoms with Crippen molar-refractivity contribution in [2.45, 2.75) is 57.7 Å². The highest BCUT2D eigenvalue weighted by Gasteiger charge is 2.50. The zero-order valence-corrected chi connectivity index (χ0v) is 12.0. The first-order chi connectivity index (χ1) is 9.24. The topological polar surface area (TPSA) is 51.2 Å². The highest BCUT2D eigenvalue weighted by molar-refractivity contribution is 4.95. The minimum atomic E-state index is -0.457. The largest absolute Gasteiger partial charge is 0.390 e. The molecule has 110 valence electrons. The standard InChI is InChI=1S/C15H26O4/c1-4-7-8-9-10-11-12(16)13-14(19-13)15(17-5-2)18-6-3/h4,8-9,12-16H,1,5-7,10-11H2,2-3H3/b9-8-/t12-,13-,14-/m1/s1. The smallest absolute Gasteiger partial charge is 0.186 e. The molecule has 0 bridgehead atoms. The summed E-state index contributed by atoms with van der Waals surface area (Å²) in [6.45, 7) is 8.65. The average molecular weight is 270 g/mol. The van der Waals surface area contributed by atoms with E-state index in [2.05, 4.69) is 12.7 Å². The summed E-state index contributed by atoms with van der Waals surface area (Å²) < 4.78 is 16.4. The summed E-state index contributed by atoms with van der Waals surface area (Å²) in [4.78, 5) is 0. The molecule has 1 heterocycles. The minimum Gasteiger partial charge on any atom is -0.390 e. The molecule has 19 heavy (non-hydrogen) atoms. The van der Waals surface area contributed by atoms with E-state index < -0.39 is 6.10 Å². The summed E-state index contributed by atoms with van der Waals surface area (Å²) in [5, 5.41) is 10.0. The Morgan fingerprint density at radius 2 is 1.89 bits per heavy atom. The molecule has 0 radical (unpaired) electrons. The molecule has 1 fully saturated rings. The van der Waals surface area contributed by atoms with E-state index in [0.717, 1.165) is 12.8 Å². The van der Waals surface area contributed by atoms with Crippen LogP contribution in [0, 0.1) is 0 Å². The van der Waals surface area contributed by atoms with Crippen molar-refractivity contribution in [2.75, 3.05) is 13.2 Å². The predicted molar refractivity (Wildman–Crippen MR) is 74.9 cm³/mol. The Kier molecular flexibility index (Phi) is 7.98. The molecule has 0 amide bonds. The monoisotopic (exact) mass is 270 g/mol. The van der Waals surface area contributed by atoms with Crippen molar-refractivity contribution in [1.82, 2.24) is 0 Å². The molecule has 0 aromatic rings. The van der Waals surface area contributed by atoms with Crippen LogP contribution in [0.25, 0.3) is 0 Å². The number of aliphatic hydroxyl groups excluding tert-OH is 1. The van der Waals surface area contributed by atoms with Crippen LogP contribution in [0.3, 0.4) is 0 Å². The van der Waals surface area contributed by atoms with E-state index in [0.29, 0.717) is 19.6 Å². The van der Waals surface area contributed by atoms with Gasteiger partial charge in [-0.05, 0) is 33.1 Å². The van der Waals surface area contributed by atoms with Gasteiger partial charge in [-0.3, -0.25) is 0 Å². The van der Waals surface area contributed by atoms with Gasteiger partial charge in [0.1, 0.15) is 12.2 Å². The van der Waals surface area contributed by atoms with Crippen LogP contribution < -0.4 is 0 Å². The van der Waals surface area contributed by atoms with Crippen LogP contribution >= 0.6 is 0 Å². The second-order valence-corrected chi connectivity index (χ2v) is 4.48. The fraction of sp³-hybridized carbons (Fsp3) is 0.733. The van der Waals surface area contributed by atoms with Gasteiger partial charge in [0.2, 0.25) is 0 Å². The van der Waals surface area contributed by atoms with Gasteiger partial charge in [-0.15, -0.1) is 6.58 Å². The van der Waals surface area contributed by atoms with Crippen LogP contribution in [0.5, 0.6) is 0 Å². The van der Waals surface area contributed by atoms with E-state index in [1.807, 2.05) is 26.0 Å². The van der Waals surface area contributed by atoms with Gasteiger partial charge in [0.05, 0.1) is 6.10 Å². The third-order valence-corrected chi connectivity index (χ3v) is 2.97. The summed E-state index contributed by atoms with van der Waals surface area (Å²) >= 11 is 0. The number of rotatable bonds is 11. The molecule has 1 saturated heterocycles. The number of hydrogen-bond acceptors (Lipinski definition) is 4. The molecule has 0 spiro atoms. The van der Waals surface area contributed by atoms with Gasteiger partial charge >= 0.3 is 0 Å². The molecule has 1 N–H and O–H groups in total. The van der Waals surface area contributed by atoms with Gasteiger partial charge in [-0.1, -0.05) is 18.2 Å². The Morgan fingerprint density at radius 3 is 2.47 bits per heavy atom. The van der Waals surface area contributed by atoms with Crippen LogP contribution in [0.4, 0.5) is 0 Å². The Labute approximate surface area is 116 Å². The fourth-order valence-electron chi connectivity index (χ4n) is 1.97. The van der Waals surface area contributed by atoms with Crippen molar-refractivity contribution in [1.29, 1.82) is 0 Å². The fourth-order valence-corrected chi connectivity index (χ4v) is 1.97. The summed E-state index contributed by atoms with van der Waals surface area (Å²) in [6, 6.07) is 0. The zero-order chi connectivity index (χ0) is 14.1. The van der Waals surface area contributed by atoms with Crippen molar-refractivity contribution in [3.05, 3.63) is 24.8 Å². The number of allylic oxidation sites excluding steroid dienone is 3. The molecule has 0 aromatic carbocycles. The van der Waals surface area contributed by atoms with Crippen molar-refractivity contribution < 1.29 is 19.3 Å². The molecular formula is C15H26O4. The molecule has 4 heteroatoms. The lowest BCUT2D eigenvalue weighted by Crippen LogP contribution is -2.28. The van der Waals surface area contributed by atoms with Crippen LogP contribution in [-0.4, -0.2) is 42.9 Å². The molecule has 1 rings (SSSR count). The maximum absolute atomic E-state index is 10.0. The maximum atomic E-state index is 10.0. The molecular weight excluding hydrogens is 244 g/mol. The molecule has 1 aliphatic rings. The lowest BCUT2D eigenvalue weighted by molar-refractivity contribution is -0.147. The van der Waals surface area contributed by atoms with Crippen molar-refractivity contribution >= 4 is 0 Å². The predicted octanol–water partition coefficient (Wildman–Crippen LogP) is 2.43. The van der Waals surface area contributed by atoms with Crippen LogP contribution in [0.1, 0.15) is 33.1 Å². The van der Waals surface area contributed by atoms with Gasteiger partial charge in [-0.2, -0.15) is 0 Å². The highest BCUT2D eigenvalue weighted by Crippen LogP contribution is 2.32. The maximum Gasteiger partial charge on any atom is 0.186 e. The molecule has 1 aliphatic heterocycles. The zero-order valence-electron chi connectivity index (χ0n) is 12.0. The van der Waals surface area contributed by atoms with Gasteiger partial charge < -0.3 is 19.3 Å². The van der Waals surface area contributed by atoms with Crippen LogP contribution in [-0.2, 0) is 14.2 Å². The summed E-state index contributed by atoms with van der Waals surface area (Å²) in [6.07, 6.45) is 7.27. The van der Waals surface area contributed by atoms with Crippen molar-refractivity contribution in [2.24, 2.45) is 0 Å². The van der Waals surface area contributed by atoms with Gasteiger partial charge in [0, 0.05) is 13.2 Å². The quantitative estimate of drug-likeness (QED) is 0.356. The Balaban J connectivity index is 2.24. The van der Waals surface area contributed by atoms with E-state index in [9.17, 15) is 5.11 Å². The first-order valence-corrected chi connectivity index (χ1v) is 7.07. The molecule has 0 unspecified atom stereocenters. The highest BCUT2D eigenvalue weighted by atomic mass is 16.7. The number of epoxide rings is 1. The Bertz CT molecular complexity index is 271. The van der Waals surface area contributed by atoms with Gasteiger partial charge in [0.25, 0.3) is 0 Å². The number of aliphatic hydroxyl groups is 1. The van der Waals surface area contributed by atoms with E-state index in [-0.39, 0.29) is 18.5 Å². The molecule has 3 atom stereocenters. The molecule has 4 nitrogen and oxygen atoms in total. The van der Waals surface area contributed by atoms with E-state index >= 15 is 0 Å². The third kappa shape index (κ3) is 5.87. The first kappa shape index (κ1) is 16.4. The van der Waals surface area contributed by atoms with E-state index in [1.165, 1.54) is 0 Å². The SMILES string of the molecule is C=CC/C=C\CC[C@@H](O)[C@H]1O[C@H]1C(OCC)OCC. The molecule has 0 aliphatic carbocycles. The lowest BCUT2D eigenvalue weighted by Gasteiger charge is -2.15. The van der Waals surface area contributed by atoms with Gasteiger partial charge in [0.15, 0.2) is 6.29 Å². The molecule has 0 aromatic heterocycles. The Hall–Kier alpha value is -0.680. The second-order valence-electron chi connectivity index (χ2n) is 4.48. The molecule has 0 saturated carbocycles. The third-order valence-electron chi connectivity index (χ3n) is 2.97. The lowest BCUT2D eigenvalue weighted by atomic mass is 10.1. The average Bonchev–Trinajstić information content (AvgIpc) is 3.18. The van der Waals surface area contributed by atoms with E-state index in [1.54, 1.807) is 0 Å². The first-order valence-electron chi connectivity index (χ1n) is 7.07. The summed E-state index contributed by atoms with van der Waals surface area (Å²) in [5.41, 5.74) is 0. The summed E-state index contributed by atoms with van der Waals surface area (Å²) in [5.74, 6) is 0. The number of ether oxygens (including phenoxy) is 3. The van der Waals surface area contributed by atoms with Crippen molar-refractivity contribution in [3.8, 4) is 0 Å². The normalized spacial score (nSPS) is 24.0. The van der Waals surface area contributed by atoms with E-state index in [4.69, 9.17) is 14.2 Å². The second kappa shape index (κ2) is 9.26. The van der Waals surface area contributed by atoms with Gasteiger partial charge in [-0.25, -0.2) is 0 Å². The van der Waals surface area contributed by atoms with Crippen molar-refractivity contribution in [3.63, 3.8) is 0 Å². The Morgan fingerprint density at radius 1 is 1.21 bits per heavy atom.